The van der Waals surface area contributed by atoms with Crippen LogP contribution in [0.1, 0.15) is 23.9 Å². The number of rotatable bonds is 4. The lowest BCUT2D eigenvalue weighted by molar-refractivity contribution is 0.377. The summed E-state index contributed by atoms with van der Waals surface area (Å²) in [6.07, 6.45) is 0. The molecule has 3 rings (SSSR count). The fourth-order valence-corrected chi connectivity index (χ4v) is 4.81. The molecule has 0 saturated carbocycles. The zero-order valence-electron chi connectivity index (χ0n) is 11.7. The Morgan fingerprint density at radius 2 is 2.05 bits per heavy atom. The van der Waals surface area contributed by atoms with E-state index in [2.05, 4.69) is 22.4 Å². The molecule has 112 valence electrons. The van der Waals surface area contributed by atoms with Crippen molar-refractivity contribution in [2.75, 3.05) is 16.8 Å². The number of phenols is 1. The molecule has 0 spiro atoms. The third-order valence-corrected chi connectivity index (χ3v) is 6.32. The van der Waals surface area contributed by atoms with E-state index in [4.69, 9.17) is 4.52 Å². The molecule has 5 nitrogen and oxygen atoms in total. The molecule has 0 amide bonds. The van der Waals surface area contributed by atoms with Gasteiger partial charge in [0.1, 0.15) is 5.75 Å². The van der Waals surface area contributed by atoms with E-state index in [-0.39, 0.29) is 5.75 Å². The molecule has 2 heterocycles. The highest BCUT2D eigenvalue weighted by Crippen LogP contribution is 2.41. The Morgan fingerprint density at radius 3 is 2.81 bits per heavy atom. The van der Waals surface area contributed by atoms with Gasteiger partial charge in [0.25, 0.3) is 0 Å². The SMILES string of the molecule is CC1SCCSC1c1noc(CNc2ccc(O)cc2)n1. The molecule has 2 unspecified atom stereocenters. The summed E-state index contributed by atoms with van der Waals surface area (Å²) < 4.78 is 5.32. The minimum atomic E-state index is 0.251. The normalized spacial score (nSPS) is 22.1. The average Bonchev–Trinajstić information content (AvgIpc) is 2.96. The third-order valence-electron chi connectivity index (χ3n) is 3.24. The van der Waals surface area contributed by atoms with Crippen LogP contribution < -0.4 is 5.32 Å². The molecular weight excluding hydrogens is 306 g/mol. The van der Waals surface area contributed by atoms with Crippen molar-refractivity contribution in [3.8, 4) is 5.75 Å². The predicted octanol–water partition coefficient (Wildman–Crippen LogP) is 3.30. The number of hydrogen-bond donors (Lipinski definition) is 2. The Balaban J connectivity index is 1.61. The maximum Gasteiger partial charge on any atom is 0.245 e. The highest BCUT2D eigenvalue weighted by Gasteiger charge is 2.28. The standard InChI is InChI=1S/C14H17N3O2S2/c1-9-13(21-7-6-20-9)14-16-12(19-17-14)8-15-10-2-4-11(18)5-3-10/h2-5,9,13,15,18H,6-8H2,1H3. The second kappa shape index (κ2) is 6.62. The van der Waals surface area contributed by atoms with Crippen LogP contribution in [0.5, 0.6) is 5.75 Å². The Bertz CT molecular complexity index is 588. The molecule has 1 aromatic heterocycles. The Labute approximate surface area is 131 Å². The summed E-state index contributed by atoms with van der Waals surface area (Å²) in [6.45, 7) is 2.70. The second-order valence-corrected chi connectivity index (χ2v) is 7.55. The van der Waals surface area contributed by atoms with Gasteiger partial charge >= 0.3 is 0 Å². The third kappa shape index (κ3) is 3.65. The molecule has 0 radical (unpaired) electrons. The zero-order valence-corrected chi connectivity index (χ0v) is 13.3. The minimum Gasteiger partial charge on any atom is -0.508 e. The lowest BCUT2D eigenvalue weighted by Crippen LogP contribution is -2.17. The van der Waals surface area contributed by atoms with E-state index in [0.717, 1.165) is 17.3 Å². The maximum atomic E-state index is 9.24. The Hall–Kier alpha value is -1.34. The number of aromatic hydroxyl groups is 1. The number of thioether (sulfide) groups is 2. The van der Waals surface area contributed by atoms with Crippen molar-refractivity contribution < 1.29 is 9.63 Å². The second-order valence-electron chi connectivity index (χ2n) is 4.81. The molecule has 1 aliphatic heterocycles. The first-order valence-corrected chi connectivity index (χ1v) is 8.91. The highest BCUT2D eigenvalue weighted by molar-refractivity contribution is 8.06. The molecule has 0 aliphatic carbocycles. The van der Waals surface area contributed by atoms with Crippen LogP contribution in [0, 0.1) is 0 Å². The van der Waals surface area contributed by atoms with Gasteiger partial charge in [-0.2, -0.15) is 16.7 Å². The molecule has 2 atom stereocenters. The predicted molar refractivity (Wildman–Crippen MR) is 86.9 cm³/mol. The summed E-state index contributed by atoms with van der Waals surface area (Å²) in [5.74, 6) is 3.95. The van der Waals surface area contributed by atoms with Crippen LogP contribution in [0.2, 0.25) is 0 Å². The first kappa shape index (κ1) is 14.6. The van der Waals surface area contributed by atoms with Crippen molar-refractivity contribution in [1.29, 1.82) is 0 Å². The van der Waals surface area contributed by atoms with Gasteiger partial charge in [-0.25, -0.2) is 0 Å². The number of anilines is 1. The minimum absolute atomic E-state index is 0.251. The lowest BCUT2D eigenvalue weighted by atomic mass is 10.3. The van der Waals surface area contributed by atoms with Gasteiger partial charge in [0.2, 0.25) is 5.89 Å². The fraction of sp³-hybridized carbons (Fsp3) is 0.429. The van der Waals surface area contributed by atoms with Crippen molar-refractivity contribution in [3.63, 3.8) is 0 Å². The van der Waals surface area contributed by atoms with Crippen molar-refractivity contribution >= 4 is 29.2 Å². The lowest BCUT2D eigenvalue weighted by Gasteiger charge is -2.24. The van der Waals surface area contributed by atoms with E-state index < -0.39 is 0 Å². The summed E-state index contributed by atoms with van der Waals surface area (Å²) in [4.78, 5) is 4.49. The fourth-order valence-electron chi connectivity index (χ4n) is 2.13. The van der Waals surface area contributed by atoms with Gasteiger partial charge in [-0.3, -0.25) is 0 Å². The van der Waals surface area contributed by atoms with Crippen LogP contribution in [0.4, 0.5) is 5.69 Å². The summed E-state index contributed by atoms with van der Waals surface area (Å²) >= 11 is 3.86. The molecule has 0 bridgehead atoms. The van der Waals surface area contributed by atoms with Gasteiger partial charge in [0.15, 0.2) is 5.82 Å². The maximum absolute atomic E-state index is 9.24. The monoisotopic (exact) mass is 323 g/mol. The zero-order chi connectivity index (χ0) is 14.7. The average molecular weight is 323 g/mol. The number of hydrogen-bond acceptors (Lipinski definition) is 7. The first-order valence-electron chi connectivity index (χ1n) is 6.81. The van der Waals surface area contributed by atoms with Crippen molar-refractivity contribution in [3.05, 3.63) is 36.0 Å². The largest absolute Gasteiger partial charge is 0.508 e. The van der Waals surface area contributed by atoms with Crippen LogP contribution in [0.15, 0.2) is 28.8 Å². The number of benzene rings is 1. The number of aromatic nitrogens is 2. The molecule has 1 aliphatic rings. The van der Waals surface area contributed by atoms with Crippen LogP contribution >= 0.6 is 23.5 Å². The van der Waals surface area contributed by atoms with Crippen molar-refractivity contribution in [2.24, 2.45) is 0 Å². The van der Waals surface area contributed by atoms with Gasteiger partial charge in [-0.1, -0.05) is 12.1 Å². The Morgan fingerprint density at radius 1 is 1.29 bits per heavy atom. The van der Waals surface area contributed by atoms with Gasteiger partial charge in [0, 0.05) is 22.4 Å². The van der Waals surface area contributed by atoms with Crippen LogP contribution in [-0.2, 0) is 6.54 Å². The number of nitrogens with one attached hydrogen (secondary N) is 1. The Kier molecular flexibility index (Phi) is 4.60. The topological polar surface area (TPSA) is 71.2 Å². The molecule has 2 N–H and O–H groups in total. The van der Waals surface area contributed by atoms with Crippen molar-refractivity contribution in [2.45, 2.75) is 24.0 Å². The molecule has 1 aromatic carbocycles. The molecule has 7 heteroatoms. The summed E-state index contributed by atoms with van der Waals surface area (Å²) in [5, 5.41) is 17.4. The summed E-state index contributed by atoms with van der Waals surface area (Å²) in [6, 6.07) is 6.89. The molecule has 21 heavy (non-hydrogen) atoms. The van der Waals surface area contributed by atoms with E-state index in [0.29, 0.717) is 22.9 Å². The van der Waals surface area contributed by atoms with E-state index >= 15 is 0 Å². The van der Waals surface area contributed by atoms with Gasteiger partial charge < -0.3 is 14.9 Å². The van der Waals surface area contributed by atoms with E-state index in [9.17, 15) is 5.11 Å². The highest BCUT2D eigenvalue weighted by atomic mass is 32.2. The van der Waals surface area contributed by atoms with E-state index in [1.807, 2.05) is 35.7 Å². The number of phenolic OH excluding ortho intramolecular Hbond substituents is 1. The number of nitrogens with zero attached hydrogens (tertiary/aromatic N) is 2. The van der Waals surface area contributed by atoms with Gasteiger partial charge in [0.05, 0.1) is 11.8 Å². The van der Waals surface area contributed by atoms with Gasteiger partial charge in [-0.05, 0) is 24.3 Å². The van der Waals surface area contributed by atoms with E-state index in [1.165, 1.54) is 5.75 Å². The molecule has 1 fully saturated rings. The van der Waals surface area contributed by atoms with Crippen molar-refractivity contribution in [1.82, 2.24) is 10.1 Å². The van der Waals surface area contributed by atoms with Crippen LogP contribution in [-0.4, -0.2) is 32.0 Å². The van der Waals surface area contributed by atoms with Gasteiger partial charge in [-0.15, -0.1) is 11.8 Å². The molecule has 1 saturated heterocycles. The molecule has 2 aromatic rings. The summed E-state index contributed by atoms with van der Waals surface area (Å²) in [7, 11) is 0. The smallest absolute Gasteiger partial charge is 0.245 e. The summed E-state index contributed by atoms with van der Waals surface area (Å²) in [5.41, 5.74) is 0.906. The quantitative estimate of drug-likeness (QED) is 0.836. The first-order chi connectivity index (χ1) is 10.2. The van der Waals surface area contributed by atoms with Crippen LogP contribution in [0.25, 0.3) is 0 Å². The van der Waals surface area contributed by atoms with E-state index in [1.54, 1.807) is 12.1 Å². The van der Waals surface area contributed by atoms with Crippen LogP contribution in [0.3, 0.4) is 0 Å². The molecular formula is C14H17N3O2S2.